The van der Waals surface area contributed by atoms with Crippen LogP contribution in [0.25, 0.3) is 33.3 Å². The molecule has 24 heavy (non-hydrogen) atoms. The number of phenols is 1. The second kappa shape index (κ2) is 5.66. The van der Waals surface area contributed by atoms with Gasteiger partial charge in [-0.15, -0.1) is 0 Å². The number of benzene rings is 2. The molecule has 0 aliphatic rings. The summed E-state index contributed by atoms with van der Waals surface area (Å²) in [6.45, 7) is 0. The SMILES string of the molecule is Nc1ccnc2ccc(-c3cccnc3-c3cccc(O)c3)cc12. The Balaban J connectivity index is 1.93. The first kappa shape index (κ1) is 14.2. The number of fused-ring (bicyclic) bond motifs is 1. The van der Waals surface area contributed by atoms with Gasteiger partial charge in [-0.3, -0.25) is 9.97 Å². The van der Waals surface area contributed by atoms with E-state index in [4.69, 9.17) is 5.73 Å². The number of phenolic OH excluding ortho intramolecular Hbond substituents is 1. The number of hydrogen-bond donors (Lipinski definition) is 2. The molecule has 0 spiro atoms. The third kappa shape index (κ3) is 2.44. The molecule has 0 aliphatic heterocycles. The van der Waals surface area contributed by atoms with Gasteiger partial charge < -0.3 is 10.8 Å². The Morgan fingerprint density at radius 2 is 1.71 bits per heavy atom. The smallest absolute Gasteiger partial charge is 0.116 e. The molecule has 2 heterocycles. The molecule has 2 aromatic carbocycles. The Bertz CT molecular complexity index is 1040. The molecule has 4 nitrogen and oxygen atoms in total. The van der Waals surface area contributed by atoms with E-state index in [1.807, 2.05) is 42.5 Å². The topological polar surface area (TPSA) is 72.0 Å². The van der Waals surface area contributed by atoms with E-state index in [0.29, 0.717) is 5.69 Å². The molecule has 0 saturated carbocycles. The molecule has 2 aromatic heterocycles. The monoisotopic (exact) mass is 313 g/mol. The van der Waals surface area contributed by atoms with Gasteiger partial charge >= 0.3 is 0 Å². The normalized spacial score (nSPS) is 10.8. The van der Waals surface area contributed by atoms with Crippen LogP contribution in [-0.2, 0) is 0 Å². The predicted octanol–water partition coefficient (Wildman–Crippen LogP) is 4.25. The van der Waals surface area contributed by atoms with Gasteiger partial charge in [-0.2, -0.15) is 0 Å². The third-order valence-corrected chi connectivity index (χ3v) is 4.01. The van der Waals surface area contributed by atoms with Crippen molar-refractivity contribution in [1.29, 1.82) is 0 Å². The Hall–Kier alpha value is -3.40. The van der Waals surface area contributed by atoms with E-state index in [1.165, 1.54) is 0 Å². The molecule has 0 aliphatic carbocycles. The summed E-state index contributed by atoms with van der Waals surface area (Å²) in [7, 11) is 0. The molecule has 0 atom stereocenters. The van der Waals surface area contributed by atoms with Crippen LogP contribution in [0.2, 0.25) is 0 Å². The lowest BCUT2D eigenvalue weighted by atomic mass is 9.97. The molecule has 0 unspecified atom stereocenters. The molecule has 3 N–H and O–H groups in total. The summed E-state index contributed by atoms with van der Waals surface area (Å²) in [6, 6.07) is 18.8. The van der Waals surface area contributed by atoms with Crippen LogP contribution >= 0.6 is 0 Å². The van der Waals surface area contributed by atoms with Gasteiger partial charge in [0.05, 0.1) is 11.2 Å². The van der Waals surface area contributed by atoms with E-state index >= 15 is 0 Å². The van der Waals surface area contributed by atoms with Crippen LogP contribution in [0.4, 0.5) is 5.69 Å². The summed E-state index contributed by atoms with van der Waals surface area (Å²) in [6.07, 6.45) is 3.46. The summed E-state index contributed by atoms with van der Waals surface area (Å²) >= 11 is 0. The summed E-state index contributed by atoms with van der Waals surface area (Å²) in [5.41, 5.74) is 11.3. The Kier molecular flexibility index (Phi) is 3.35. The van der Waals surface area contributed by atoms with Crippen molar-refractivity contribution in [2.75, 3.05) is 5.73 Å². The average molecular weight is 313 g/mol. The van der Waals surface area contributed by atoms with Gasteiger partial charge in [0, 0.05) is 34.6 Å². The van der Waals surface area contributed by atoms with Crippen LogP contribution in [0.5, 0.6) is 5.75 Å². The fourth-order valence-corrected chi connectivity index (χ4v) is 2.86. The summed E-state index contributed by atoms with van der Waals surface area (Å²) in [4.78, 5) is 8.85. The van der Waals surface area contributed by atoms with Gasteiger partial charge in [0.1, 0.15) is 5.75 Å². The largest absolute Gasteiger partial charge is 0.508 e. The molecular weight excluding hydrogens is 298 g/mol. The zero-order valence-electron chi connectivity index (χ0n) is 12.8. The van der Waals surface area contributed by atoms with Gasteiger partial charge in [0.25, 0.3) is 0 Å². The highest BCUT2D eigenvalue weighted by Gasteiger charge is 2.10. The van der Waals surface area contributed by atoms with Crippen molar-refractivity contribution in [3.05, 3.63) is 73.1 Å². The highest BCUT2D eigenvalue weighted by Crippen LogP contribution is 2.33. The number of anilines is 1. The first-order valence-corrected chi connectivity index (χ1v) is 7.61. The Morgan fingerprint density at radius 1 is 0.792 bits per heavy atom. The third-order valence-electron chi connectivity index (χ3n) is 4.01. The van der Waals surface area contributed by atoms with Gasteiger partial charge in [-0.05, 0) is 42.0 Å². The lowest BCUT2D eigenvalue weighted by molar-refractivity contribution is 0.475. The van der Waals surface area contributed by atoms with Gasteiger partial charge in [0.15, 0.2) is 0 Å². The standard InChI is InChI=1S/C20H15N3O/c21-18-8-10-22-19-7-6-13(12-17(18)19)16-5-2-9-23-20(16)14-3-1-4-15(24)11-14/h1-12,24H,(H2,21,22). The van der Waals surface area contributed by atoms with Crippen LogP contribution < -0.4 is 5.73 Å². The Labute approximate surface area is 139 Å². The van der Waals surface area contributed by atoms with Crippen LogP contribution in [-0.4, -0.2) is 15.1 Å². The molecule has 0 saturated heterocycles. The molecule has 0 radical (unpaired) electrons. The summed E-state index contributed by atoms with van der Waals surface area (Å²) in [5, 5.41) is 10.7. The van der Waals surface area contributed by atoms with Gasteiger partial charge in [0.2, 0.25) is 0 Å². The quantitative estimate of drug-likeness (QED) is 0.580. The van der Waals surface area contributed by atoms with Crippen molar-refractivity contribution in [3.8, 4) is 28.1 Å². The molecule has 0 bridgehead atoms. The number of rotatable bonds is 2. The molecule has 116 valence electrons. The maximum absolute atomic E-state index is 9.76. The molecule has 4 heteroatoms. The summed E-state index contributed by atoms with van der Waals surface area (Å²) in [5.74, 6) is 0.219. The minimum absolute atomic E-state index is 0.219. The fourth-order valence-electron chi connectivity index (χ4n) is 2.86. The minimum Gasteiger partial charge on any atom is -0.508 e. The van der Waals surface area contributed by atoms with Crippen LogP contribution in [0.1, 0.15) is 0 Å². The number of nitrogens with two attached hydrogens (primary N) is 1. The highest BCUT2D eigenvalue weighted by atomic mass is 16.3. The molecule has 0 fully saturated rings. The number of aromatic nitrogens is 2. The maximum atomic E-state index is 9.76. The number of pyridine rings is 2. The minimum atomic E-state index is 0.219. The average Bonchev–Trinajstić information content (AvgIpc) is 2.62. The molecule has 4 rings (SSSR count). The van der Waals surface area contributed by atoms with E-state index in [1.54, 1.807) is 30.6 Å². The van der Waals surface area contributed by atoms with E-state index in [9.17, 15) is 5.11 Å². The number of nitrogen functional groups attached to an aromatic ring is 1. The van der Waals surface area contributed by atoms with E-state index < -0.39 is 0 Å². The van der Waals surface area contributed by atoms with Crippen molar-refractivity contribution >= 4 is 16.6 Å². The highest BCUT2D eigenvalue weighted by molar-refractivity contribution is 5.94. The van der Waals surface area contributed by atoms with Crippen LogP contribution in [0.3, 0.4) is 0 Å². The fraction of sp³-hybridized carbons (Fsp3) is 0. The zero-order valence-corrected chi connectivity index (χ0v) is 12.8. The second-order valence-corrected chi connectivity index (χ2v) is 5.58. The molecule has 0 amide bonds. The zero-order chi connectivity index (χ0) is 16.5. The van der Waals surface area contributed by atoms with Crippen molar-refractivity contribution in [3.63, 3.8) is 0 Å². The van der Waals surface area contributed by atoms with Crippen molar-refractivity contribution < 1.29 is 5.11 Å². The van der Waals surface area contributed by atoms with Gasteiger partial charge in [-0.25, -0.2) is 0 Å². The number of nitrogens with zero attached hydrogens (tertiary/aromatic N) is 2. The lowest BCUT2D eigenvalue weighted by Crippen LogP contribution is -1.91. The van der Waals surface area contributed by atoms with Crippen molar-refractivity contribution in [1.82, 2.24) is 9.97 Å². The van der Waals surface area contributed by atoms with Crippen LogP contribution in [0.15, 0.2) is 73.1 Å². The van der Waals surface area contributed by atoms with Crippen molar-refractivity contribution in [2.24, 2.45) is 0 Å². The van der Waals surface area contributed by atoms with E-state index in [2.05, 4.69) is 9.97 Å². The van der Waals surface area contributed by atoms with Crippen LogP contribution in [0, 0.1) is 0 Å². The van der Waals surface area contributed by atoms with Crippen molar-refractivity contribution in [2.45, 2.75) is 0 Å². The number of aromatic hydroxyl groups is 1. The maximum Gasteiger partial charge on any atom is 0.116 e. The first-order valence-electron chi connectivity index (χ1n) is 7.61. The summed E-state index contributed by atoms with van der Waals surface area (Å²) < 4.78 is 0. The molecule has 4 aromatic rings. The first-order chi connectivity index (χ1) is 11.7. The Morgan fingerprint density at radius 3 is 2.58 bits per heavy atom. The number of hydrogen-bond acceptors (Lipinski definition) is 4. The lowest BCUT2D eigenvalue weighted by Gasteiger charge is -2.10. The second-order valence-electron chi connectivity index (χ2n) is 5.58. The van der Waals surface area contributed by atoms with E-state index in [0.717, 1.165) is 33.3 Å². The predicted molar refractivity (Wildman–Crippen MR) is 96.5 cm³/mol. The van der Waals surface area contributed by atoms with Gasteiger partial charge in [-0.1, -0.05) is 24.3 Å². The van der Waals surface area contributed by atoms with E-state index in [-0.39, 0.29) is 5.75 Å². The molecular formula is C20H15N3O.